The molecule has 2 saturated heterocycles. The molecule has 2 aliphatic heterocycles. The summed E-state index contributed by atoms with van der Waals surface area (Å²) < 4.78 is 13.5. The molecular weight excluding hydrogens is 281 g/mol. The first-order valence-electron chi connectivity index (χ1n) is 8.17. The minimum Gasteiger partial charge on any atom is -0.324 e. The molecule has 22 heavy (non-hydrogen) atoms. The van der Waals surface area contributed by atoms with E-state index < -0.39 is 0 Å². The van der Waals surface area contributed by atoms with Gasteiger partial charge in [-0.1, -0.05) is 6.07 Å². The summed E-state index contributed by atoms with van der Waals surface area (Å²) >= 11 is 0. The van der Waals surface area contributed by atoms with Crippen LogP contribution in [-0.2, 0) is 0 Å². The van der Waals surface area contributed by atoms with E-state index in [1.165, 1.54) is 32.0 Å². The van der Waals surface area contributed by atoms with Crippen LogP contribution in [-0.4, -0.2) is 48.6 Å². The standard InChI is InChI=1S/C17H24FN3O/c1-13-15(18)5-4-6-16(13)19-17(22)21-10-7-14(12-21)11-20-8-2-3-9-20/h4-6,14H,2-3,7-12H2,1H3,(H,19,22). The highest BCUT2D eigenvalue weighted by Crippen LogP contribution is 2.22. The van der Waals surface area contributed by atoms with E-state index in [1.807, 2.05) is 4.90 Å². The number of amides is 2. The number of nitrogens with zero attached hydrogens (tertiary/aromatic N) is 2. The molecule has 1 aromatic rings. The van der Waals surface area contributed by atoms with Crippen molar-refractivity contribution in [2.45, 2.75) is 26.2 Å². The van der Waals surface area contributed by atoms with Crippen LogP contribution in [0.4, 0.5) is 14.9 Å². The van der Waals surface area contributed by atoms with Crippen LogP contribution in [0.5, 0.6) is 0 Å². The number of urea groups is 1. The van der Waals surface area contributed by atoms with E-state index in [-0.39, 0.29) is 11.8 Å². The molecule has 1 aromatic carbocycles. The van der Waals surface area contributed by atoms with Crippen molar-refractivity contribution in [3.63, 3.8) is 0 Å². The van der Waals surface area contributed by atoms with E-state index in [0.717, 1.165) is 26.1 Å². The number of carbonyl (C=O) groups excluding carboxylic acids is 1. The SMILES string of the molecule is Cc1c(F)cccc1NC(=O)N1CCC(CN2CCCC2)C1. The van der Waals surface area contributed by atoms with Crippen LogP contribution >= 0.6 is 0 Å². The second kappa shape index (κ2) is 6.65. The van der Waals surface area contributed by atoms with Crippen LogP contribution in [0.2, 0.25) is 0 Å². The first-order valence-corrected chi connectivity index (χ1v) is 8.17. The average molecular weight is 305 g/mol. The van der Waals surface area contributed by atoms with E-state index in [0.29, 0.717) is 17.2 Å². The van der Waals surface area contributed by atoms with Gasteiger partial charge in [0.05, 0.1) is 0 Å². The molecule has 2 fully saturated rings. The van der Waals surface area contributed by atoms with Crippen molar-refractivity contribution in [1.29, 1.82) is 0 Å². The molecule has 0 radical (unpaired) electrons. The summed E-state index contributed by atoms with van der Waals surface area (Å²) in [6.45, 7) is 6.78. The number of nitrogens with one attached hydrogen (secondary N) is 1. The van der Waals surface area contributed by atoms with E-state index in [9.17, 15) is 9.18 Å². The fraction of sp³-hybridized carbons (Fsp3) is 0.588. The van der Waals surface area contributed by atoms with Crippen molar-refractivity contribution in [2.75, 3.05) is 38.0 Å². The lowest BCUT2D eigenvalue weighted by Crippen LogP contribution is -2.35. The van der Waals surface area contributed by atoms with Gasteiger partial charge in [-0.05, 0) is 57.3 Å². The zero-order chi connectivity index (χ0) is 15.5. The molecule has 0 spiro atoms. The van der Waals surface area contributed by atoms with E-state index in [4.69, 9.17) is 0 Å². The molecule has 120 valence electrons. The van der Waals surface area contributed by atoms with E-state index >= 15 is 0 Å². The van der Waals surface area contributed by atoms with Crippen LogP contribution < -0.4 is 5.32 Å². The lowest BCUT2D eigenvalue weighted by Gasteiger charge is -2.21. The van der Waals surface area contributed by atoms with Gasteiger partial charge in [0.1, 0.15) is 5.82 Å². The van der Waals surface area contributed by atoms with Crippen molar-refractivity contribution in [2.24, 2.45) is 5.92 Å². The first-order chi connectivity index (χ1) is 10.6. The number of hydrogen-bond acceptors (Lipinski definition) is 2. The molecule has 0 bridgehead atoms. The first kappa shape index (κ1) is 15.3. The van der Waals surface area contributed by atoms with Crippen molar-refractivity contribution >= 4 is 11.7 Å². The quantitative estimate of drug-likeness (QED) is 0.931. The van der Waals surface area contributed by atoms with Gasteiger partial charge in [-0.15, -0.1) is 0 Å². The van der Waals surface area contributed by atoms with Crippen LogP contribution in [0.15, 0.2) is 18.2 Å². The predicted molar refractivity (Wildman–Crippen MR) is 85.5 cm³/mol. The molecule has 1 atom stereocenters. The lowest BCUT2D eigenvalue weighted by atomic mass is 10.1. The maximum absolute atomic E-state index is 13.5. The third-order valence-corrected chi connectivity index (χ3v) is 4.80. The van der Waals surface area contributed by atoms with Gasteiger partial charge in [-0.2, -0.15) is 0 Å². The molecular formula is C17H24FN3O. The zero-order valence-corrected chi connectivity index (χ0v) is 13.1. The van der Waals surface area contributed by atoms with Gasteiger partial charge in [0.2, 0.25) is 0 Å². The highest BCUT2D eigenvalue weighted by molar-refractivity contribution is 5.90. The molecule has 0 saturated carbocycles. The van der Waals surface area contributed by atoms with Crippen LogP contribution in [0, 0.1) is 18.7 Å². The Balaban J connectivity index is 1.53. The second-order valence-corrected chi connectivity index (χ2v) is 6.45. The molecule has 0 aliphatic carbocycles. The maximum Gasteiger partial charge on any atom is 0.321 e. The van der Waals surface area contributed by atoms with E-state index in [2.05, 4.69) is 10.2 Å². The van der Waals surface area contributed by atoms with Crippen molar-refractivity contribution in [1.82, 2.24) is 9.80 Å². The molecule has 2 amide bonds. The second-order valence-electron chi connectivity index (χ2n) is 6.45. The van der Waals surface area contributed by atoms with Gasteiger partial charge in [0, 0.05) is 30.9 Å². The molecule has 3 rings (SSSR count). The smallest absolute Gasteiger partial charge is 0.321 e. The van der Waals surface area contributed by atoms with Gasteiger partial charge < -0.3 is 15.1 Å². The van der Waals surface area contributed by atoms with Crippen molar-refractivity contribution < 1.29 is 9.18 Å². The summed E-state index contributed by atoms with van der Waals surface area (Å²) in [7, 11) is 0. The summed E-state index contributed by atoms with van der Waals surface area (Å²) in [4.78, 5) is 16.7. The summed E-state index contributed by atoms with van der Waals surface area (Å²) in [6, 6.07) is 4.66. The Kier molecular flexibility index (Phi) is 4.62. The number of rotatable bonds is 3. The number of halogens is 1. The number of anilines is 1. The van der Waals surface area contributed by atoms with Crippen molar-refractivity contribution in [3.8, 4) is 0 Å². The summed E-state index contributed by atoms with van der Waals surface area (Å²) in [6.07, 6.45) is 3.66. The number of likely N-dealkylation sites (tertiary alicyclic amines) is 2. The number of benzene rings is 1. The molecule has 2 heterocycles. The Morgan fingerprint density at radius 2 is 2.09 bits per heavy atom. The highest BCUT2D eigenvalue weighted by atomic mass is 19.1. The predicted octanol–water partition coefficient (Wildman–Crippen LogP) is 3.08. The molecule has 0 aromatic heterocycles. The van der Waals surface area contributed by atoms with Crippen molar-refractivity contribution in [3.05, 3.63) is 29.6 Å². The lowest BCUT2D eigenvalue weighted by molar-refractivity contribution is 0.217. The number of carbonyl (C=O) groups is 1. The number of hydrogen-bond donors (Lipinski definition) is 1. The Morgan fingerprint density at radius 3 is 2.86 bits per heavy atom. The van der Waals surface area contributed by atoms with Gasteiger partial charge >= 0.3 is 6.03 Å². The normalized spacial score (nSPS) is 22.3. The zero-order valence-electron chi connectivity index (χ0n) is 13.1. The molecule has 5 heteroatoms. The third-order valence-electron chi connectivity index (χ3n) is 4.80. The minimum atomic E-state index is -0.286. The Morgan fingerprint density at radius 1 is 1.32 bits per heavy atom. The Hall–Kier alpha value is -1.62. The van der Waals surface area contributed by atoms with Crippen LogP contribution in [0.3, 0.4) is 0 Å². The molecule has 1 N–H and O–H groups in total. The van der Waals surface area contributed by atoms with Gasteiger partial charge in [0.15, 0.2) is 0 Å². The fourth-order valence-corrected chi connectivity index (χ4v) is 3.43. The fourth-order valence-electron chi connectivity index (χ4n) is 3.43. The Bertz CT molecular complexity index is 543. The summed E-state index contributed by atoms with van der Waals surface area (Å²) in [5.41, 5.74) is 1.05. The average Bonchev–Trinajstić information content (AvgIpc) is 3.16. The summed E-state index contributed by atoms with van der Waals surface area (Å²) in [5.74, 6) is 0.281. The third kappa shape index (κ3) is 3.40. The van der Waals surface area contributed by atoms with Gasteiger partial charge in [-0.3, -0.25) is 0 Å². The maximum atomic E-state index is 13.5. The monoisotopic (exact) mass is 305 g/mol. The molecule has 4 nitrogen and oxygen atoms in total. The van der Waals surface area contributed by atoms with Crippen LogP contribution in [0.25, 0.3) is 0 Å². The molecule has 1 unspecified atom stereocenters. The summed E-state index contributed by atoms with van der Waals surface area (Å²) in [5, 5.41) is 2.84. The van der Waals surface area contributed by atoms with E-state index in [1.54, 1.807) is 19.1 Å². The minimum absolute atomic E-state index is 0.113. The van der Waals surface area contributed by atoms with Gasteiger partial charge in [0.25, 0.3) is 0 Å². The van der Waals surface area contributed by atoms with Gasteiger partial charge in [-0.25, -0.2) is 9.18 Å². The largest absolute Gasteiger partial charge is 0.324 e. The van der Waals surface area contributed by atoms with Crippen LogP contribution in [0.1, 0.15) is 24.8 Å². The topological polar surface area (TPSA) is 35.6 Å². The Labute approximate surface area is 131 Å². The molecule has 2 aliphatic rings. The highest BCUT2D eigenvalue weighted by Gasteiger charge is 2.28.